The number of fused-ring (bicyclic) bond motifs is 6. The molecule has 6 atom stereocenters. The van der Waals surface area contributed by atoms with Crippen LogP contribution < -0.4 is 82.3 Å². The molecule has 21 N–H and O–H groups in total. The number of hydrogen-bond acceptors (Lipinski definition) is 33. The van der Waals surface area contributed by atoms with Gasteiger partial charge in [-0.25, -0.2) is 44.3 Å². The van der Waals surface area contributed by atoms with Gasteiger partial charge in [0, 0.05) is 94.1 Å². The van der Waals surface area contributed by atoms with Crippen LogP contribution in [0.2, 0.25) is 5.02 Å². The number of pyridine rings is 6. The Balaban J connectivity index is 0.000000217. The highest BCUT2D eigenvalue weighted by Crippen LogP contribution is 2.35. The molecular formula is C94H141ClFN33O3. The third kappa shape index (κ3) is 32.6. The Bertz CT molecular complexity index is 5650. The molecule has 36 nitrogen and oxygen atoms in total. The Labute approximate surface area is 780 Å². The summed E-state index contributed by atoms with van der Waals surface area (Å²) in [6.45, 7) is 42.1. The predicted octanol–water partition coefficient (Wildman–Crippen LogP) is 17.5. The molecule has 0 aliphatic heterocycles. The van der Waals surface area contributed by atoms with Crippen LogP contribution in [-0.4, -0.2) is 160 Å². The molecule has 714 valence electrons. The van der Waals surface area contributed by atoms with Crippen LogP contribution in [0.15, 0.2) is 85.7 Å². The van der Waals surface area contributed by atoms with Crippen LogP contribution in [0.3, 0.4) is 0 Å². The van der Waals surface area contributed by atoms with Gasteiger partial charge in [-0.3, -0.25) is 34.3 Å². The van der Waals surface area contributed by atoms with Gasteiger partial charge in [-0.15, -0.1) is 0 Å². The quantitative estimate of drug-likeness (QED) is 0.0171. The number of aromatic nitrogens is 18. The molecule has 0 radical (unpaired) electrons. The van der Waals surface area contributed by atoms with Gasteiger partial charge >= 0.3 is 0 Å². The van der Waals surface area contributed by atoms with E-state index in [1.54, 1.807) is 37.1 Å². The van der Waals surface area contributed by atoms with Crippen molar-refractivity contribution in [2.75, 3.05) is 85.9 Å². The van der Waals surface area contributed by atoms with Crippen LogP contribution in [0.25, 0.3) is 66.2 Å². The molecule has 12 aromatic heterocycles. The Morgan fingerprint density at radius 1 is 0.333 bits per heavy atom. The molecule has 3 amide bonds. The van der Waals surface area contributed by atoms with Gasteiger partial charge in [0.1, 0.15) is 38.9 Å². The van der Waals surface area contributed by atoms with E-state index in [-0.39, 0.29) is 86.6 Å². The number of carbonyl (C=O) groups excluding carboxylic acids is 3. The van der Waals surface area contributed by atoms with Crippen molar-refractivity contribution in [3.05, 3.63) is 108 Å². The fourth-order valence-corrected chi connectivity index (χ4v) is 14.6. The summed E-state index contributed by atoms with van der Waals surface area (Å²) in [7, 11) is 0. The number of aryl methyl sites for hydroxylation is 2. The molecule has 0 spiro atoms. The van der Waals surface area contributed by atoms with Crippen molar-refractivity contribution in [2.24, 2.45) is 0 Å². The summed E-state index contributed by atoms with van der Waals surface area (Å²) in [5.41, 5.74) is 43.7. The maximum absolute atomic E-state index is 13.3. The number of anilines is 12. The van der Waals surface area contributed by atoms with E-state index in [9.17, 15) is 18.8 Å². The fourth-order valence-electron chi connectivity index (χ4n) is 14.5. The van der Waals surface area contributed by atoms with Gasteiger partial charge in [-0.1, -0.05) is 145 Å². The minimum Gasteiger partial charge on any atom is -0.368 e. The lowest BCUT2D eigenvalue weighted by atomic mass is 9.92. The Morgan fingerprint density at radius 3 is 0.985 bits per heavy atom. The fraction of sp³-hybridized carbons (Fsp3) is 0.521. The topological polar surface area (TPSA) is 548 Å². The van der Waals surface area contributed by atoms with Gasteiger partial charge in [0.05, 0.1) is 60.9 Å². The third-order valence-electron chi connectivity index (χ3n) is 22.7. The molecule has 38 heteroatoms. The molecule has 0 aliphatic rings. The summed E-state index contributed by atoms with van der Waals surface area (Å²) in [5, 5.41) is 29.9. The largest absolute Gasteiger partial charge is 0.368 e. The SMILES string of the molecule is CCCC[C@@](C)(CC)Nc1nc(N)nc2cc(F)cnc12.CCCC[C@@](C)(CC)Nc1nc(N)nc2cccnc12.CCCC[C@@](C)(CNC(C)=O)Nc1nc(N)nc2c(C)ccnc12.CCCC[C@@](C)(CNC(C)=O)Nc1nc(N)nc2cc(C)cnc12.CCCC[C@@](C)(CNC(C)=O)Nc1nc(N)nc2cc(Cl)cnc12.CCC[C@](C)(CC)Nc1nc(N)nc2cccnc12. The first-order chi connectivity index (χ1) is 62.6. The van der Waals surface area contributed by atoms with Gasteiger partial charge in [-0.2, -0.15) is 29.9 Å². The van der Waals surface area contributed by atoms with E-state index in [4.69, 9.17) is 46.0 Å². The number of nitrogens with zero attached hydrogens (tertiary/aromatic N) is 18. The van der Waals surface area contributed by atoms with Crippen molar-refractivity contribution < 1.29 is 18.8 Å². The molecule has 0 unspecified atom stereocenters. The first-order valence-electron chi connectivity index (χ1n) is 45.8. The Hall–Kier alpha value is -12.8. The zero-order chi connectivity index (χ0) is 97.2. The molecular weight excluding hydrogens is 1690 g/mol. The number of nitrogens with one attached hydrogen (secondary N) is 9. The van der Waals surface area contributed by atoms with Crippen LogP contribution >= 0.6 is 11.6 Å². The standard InChI is InChI=1S/2C17H26N6O.C16H23ClN6O.C15H22FN5.C15H23N5.C14H21N5/c1-5-6-8-17(4,10-20-12(3)24)23-15-14-13(21-16(18)22-15)11(2)7-9-19-14;1-5-6-7-17(4,10-20-12(3)24)23-15-14-13(21-16(18)22-15)8-11(2)9-19-14;1-4-5-6-16(3,9-20-10(2)24)23-14-13-12(21-15(18)22-14)7-11(17)8-19-13;1-4-6-7-15(3,5-2)21-13-12-11(19-14(17)20-13)8-10(16)9-18-12;1-4-6-9-15(3,5-2)20-13-12-11(8-7-10-17-12)18-14(16)19-13;1-4-8-14(3,5-2)19-12-11-10(7-6-9-16-11)17-13(15)18-12/h7,9H,5-6,8,10H2,1-4H3,(H,20,24)(H3,18,21,22,23);8-9H,5-7,10H2,1-4H3,(H,20,24)(H3,18,21,22,23);7-8H,4-6,9H2,1-3H3,(H,20,24)(H3,18,21,22,23);8-9H,4-7H2,1-3H3,(H3,17,19,20,21);7-8,10H,4-6,9H2,1-3H3,(H3,16,18,19,20);6-7,9H,4-5,8H2,1-3H3,(H3,15,17,18,19)/t2*17-;16-;2*15-;14-/m000110/s1. The Morgan fingerprint density at radius 2 is 0.629 bits per heavy atom. The number of hydrogen-bond donors (Lipinski definition) is 15. The highest BCUT2D eigenvalue weighted by molar-refractivity contribution is 6.31. The average molecular weight is 1840 g/mol. The summed E-state index contributed by atoms with van der Waals surface area (Å²) in [6, 6.07) is 14.4. The lowest BCUT2D eigenvalue weighted by Gasteiger charge is -2.32. The molecule has 0 fully saturated rings. The molecule has 0 aromatic carbocycles. The molecule has 12 heterocycles. The van der Waals surface area contributed by atoms with Gasteiger partial charge in [0.25, 0.3) is 0 Å². The maximum atomic E-state index is 13.3. The molecule has 12 aromatic rings. The van der Waals surface area contributed by atoms with Gasteiger partial charge in [0.15, 0.2) is 34.9 Å². The highest BCUT2D eigenvalue weighted by Gasteiger charge is 2.32. The molecule has 0 bridgehead atoms. The zero-order valence-corrected chi connectivity index (χ0v) is 81.6. The number of nitrogens with two attached hydrogens (primary N) is 6. The second kappa shape index (κ2) is 50.0. The molecule has 0 aliphatic carbocycles. The highest BCUT2D eigenvalue weighted by atomic mass is 35.5. The normalized spacial score (nSPS) is 13.8. The average Bonchev–Trinajstić information content (AvgIpc) is 0.790. The van der Waals surface area contributed by atoms with Crippen molar-refractivity contribution in [1.82, 2.24) is 106 Å². The van der Waals surface area contributed by atoms with Crippen LogP contribution in [0.4, 0.5) is 75.0 Å². The molecule has 0 saturated heterocycles. The number of unbranched alkanes of at least 4 members (excludes halogenated alkanes) is 5. The minimum atomic E-state index is -0.434. The number of rotatable bonds is 38. The second-order valence-corrected chi connectivity index (χ2v) is 35.7. The molecule has 0 saturated carbocycles. The second-order valence-electron chi connectivity index (χ2n) is 35.2. The van der Waals surface area contributed by atoms with E-state index in [1.165, 1.54) is 45.9 Å². The van der Waals surface area contributed by atoms with Crippen LogP contribution in [-0.2, 0) is 14.4 Å². The Kier molecular flexibility index (Phi) is 40.2. The number of nitrogen functional groups attached to an aromatic ring is 6. The number of halogens is 2. The van der Waals surface area contributed by atoms with Crippen molar-refractivity contribution >= 4 is 166 Å². The van der Waals surface area contributed by atoms with Crippen molar-refractivity contribution in [2.45, 2.75) is 300 Å². The summed E-state index contributed by atoms with van der Waals surface area (Å²) >= 11 is 5.98. The summed E-state index contributed by atoms with van der Waals surface area (Å²) in [6.07, 6.45) is 30.6. The summed E-state index contributed by atoms with van der Waals surface area (Å²) < 4.78 is 13.3. The number of amides is 3. The van der Waals surface area contributed by atoms with Crippen LogP contribution in [0.1, 0.15) is 264 Å². The maximum Gasteiger partial charge on any atom is 0.222 e. The predicted molar refractivity (Wildman–Crippen MR) is 537 cm³/mol. The lowest BCUT2D eigenvalue weighted by Crippen LogP contribution is -2.46. The van der Waals surface area contributed by atoms with E-state index in [2.05, 4.69) is 234 Å². The van der Waals surface area contributed by atoms with Crippen molar-refractivity contribution in [3.63, 3.8) is 0 Å². The lowest BCUT2D eigenvalue weighted by molar-refractivity contribution is -0.120. The number of carbonyl (C=O) groups is 3. The monoisotopic (exact) mass is 1830 g/mol. The molecule has 12 rings (SSSR count). The van der Waals surface area contributed by atoms with Crippen molar-refractivity contribution in [3.8, 4) is 0 Å². The van der Waals surface area contributed by atoms with Gasteiger partial charge in [-0.05, 0) is 167 Å². The summed E-state index contributed by atoms with van der Waals surface area (Å²) in [5.74, 6) is 4.37. The van der Waals surface area contributed by atoms with Crippen LogP contribution in [0.5, 0.6) is 0 Å². The minimum absolute atomic E-state index is 0.00000520. The van der Waals surface area contributed by atoms with Gasteiger partial charge in [0.2, 0.25) is 53.4 Å². The smallest absolute Gasteiger partial charge is 0.222 e. The first-order valence-corrected chi connectivity index (χ1v) is 46.2. The molecule has 132 heavy (non-hydrogen) atoms. The van der Waals surface area contributed by atoms with E-state index in [1.807, 2.05) is 57.2 Å². The summed E-state index contributed by atoms with van der Waals surface area (Å²) in [4.78, 5) is 111. The van der Waals surface area contributed by atoms with E-state index >= 15 is 0 Å². The zero-order valence-electron chi connectivity index (χ0n) is 80.8. The van der Waals surface area contributed by atoms with Crippen LogP contribution in [0, 0.1) is 19.7 Å². The van der Waals surface area contributed by atoms with Gasteiger partial charge < -0.3 is 82.3 Å². The van der Waals surface area contributed by atoms with E-state index in [0.29, 0.717) is 86.5 Å². The van der Waals surface area contributed by atoms with E-state index in [0.717, 1.165) is 166 Å². The third-order valence-corrected chi connectivity index (χ3v) is 22.9. The first kappa shape index (κ1) is 106. The van der Waals surface area contributed by atoms with Crippen molar-refractivity contribution in [1.29, 1.82) is 0 Å². The van der Waals surface area contributed by atoms with E-state index < -0.39 is 5.82 Å².